The van der Waals surface area contributed by atoms with Gasteiger partial charge in [-0.05, 0) is 49.3 Å². The summed E-state index contributed by atoms with van der Waals surface area (Å²) in [5, 5.41) is 0. The van der Waals surface area contributed by atoms with Gasteiger partial charge in [0.25, 0.3) is 0 Å². The predicted octanol–water partition coefficient (Wildman–Crippen LogP) is 2.57. The fourth-order valence-electron chi connectivity index (χ4n) is 2.51. The van der Waals surface area contributed by atoms with Gasteiger partial charge in [-0.3, -0.25) is 0 Å². The SMILES string of the molecule is CCCC1(CNS(=O)(=O)c2cc(N)c(F)cc2C)CC1. The van der Waals surface area contributed by atoms with Crippen LogP contribution in [0.25, 0.3) is 0 Å². The number of nitrogen functional groups attached to an aromatic ring is 1. The molecule has 3 N–H and O–H groups in total. The molecule has 1 fully saturated rings. The van der Waals surface area contributed by atoms with E-state index in [1.54, 1.807) is 6.92 Å². The maximum absolute atomic E-state index is 13.3. The van der Waals surface area contributed by atoms with Crippen molar-refractivity contribution in [2.24, 2.45) is 5.41 Å². The first-order valence-electron chi connectivity index (χ1n) is 6.85. The zero-order chi connectivity index (χ0) is 15.0. The summed E-state index contributed by atoms with van der Waals surface area (Å²) in [5.41, 5.74) is 5.81. The summed E-state index contributed by atoms with van der Waals surface area (Å²) >= 11 is 0. The van der Waals surface area contributed by atoms with Crippen molar-refractivity contribution in [2.45, 2.75) is 44.4 Å². The lowest BCUT2D eigenvalue weighted by molar-refractivity contribution is 0.449. The van der Waals surface area contributed by atoms with Crippen LogP contribution in [0, 0.1) is 18.2 Å². The lowest BCUT2D eigenvalue weighted by atomic mass is 10.0. The molecule has 1 saturated carbocycles. The summed E-state index contributed by atoms with van der Waals surface area (Å²) < 4.78 is 40.5. The Labute approximate surface area is 119 Å². The number of nitrogens with one attached hydrogen (secondary N) is 1. The largest absolute Gasteiger partial charge is 0.396 e. The van der Waals surface area contributed by atoms with Gasteiger partial charge in [0.05, 0.1) is 10.6 Å². The minimum Gasteiger partial charge on any atom is -0.396 e. The molecule has 1 aliphatic carbocycles. The summed E-state index contributed by atoms with van der Waals surface area (Å²) in [6, 6.07) is 2.34. The van der Waals surface area contributed by atoms with Crippen molar-refractivity contribution in [3.05, 3.63) is 23.5 Å². The molecular weight excluding hydrogens is 279 g/mol. The van der Waals surface area contributed by atoms with Crippen LogP contribution in [0.15, 0.2) is 17.0 Å². The molecule has 0 aromatic heterocycles. The monoisotopic (exact) mass is 300 g/mol. The van der Waals surface area contributed by atoms with Crippen molar-refractivity contribution in [2.75, 3.05) is 12.3 Å². The highest BCUT2D eigenvalue weighted by atomic mass is 32.2. The summed E-state index contributed by atoms with van der Waals surface area (Å²) in [7, 11) is -3.64. The zero-order valence-electron chi connectivity index (χ0n) is 11.9. The number of hydrogen-bond donors (Lipinski definition) is 2. The van der Waals surface area contributed by atoms with Crippen molar-refractivity contribution in [1.29, 1.82) is 0 Å². The van der Waals surface area contributed by atoms with Crippen LogP contribution in [0.4, 0.5) is 10.1 Å². The number of hydrogen-bond acceptors (Lipinski definition) is 3. The Kier molecular flexibility index (Phi) is 4.07. The molecule has 1 aromatic carbocycles. The Morgan fingerprint density at radius 2 is 2.05 bits per heavy atom. The van der Waals surface area contributed by atoms with Crippen molar-refractivity contribution >= 4 is 15.7 Å². The van der Waals surface area contributed by atoms with Crippen molar-refractivity contribution < 1.29 is 12.8 Å². The highest BCUT2D eigenvalue weighted by Gasteiger charge is 2.42. The van der Waals surface area contributed by atoms with Gasteiger partial charge in [-0.1, -0.05) is 13.3 Å². The van der Waals surface area contributed by atoms with Gasteiger partial charge < -0.3 is 5.73 Å². The molecule has 0 radical (unpaired) electrons. The first-order valence-corrected chi connectivity index (χ1v) is 8.33. The fraction of sp³-hybridized carbons (Fsp3) is 0.571. The third-order valence-corrected chi connectivity index (χ3v) is 5.50. The molecule has 20 heavy (non-hydrogen) atoms. The molecule has 2 rings (SSSR count). The van der Waals surface area contributed by atoms with Crippen molar-refractivity contribution in [3.8, 4) is 0 Å². The van der Waals surface area contributed by atoms with Gasteiger partial charge in [-0.2, -0.15) is 0 Å². The lowest BCUT2D eigenvalue weighted by Crippen LogP contribution is -2.31. The summed E-state index contributed by atoms with van der Waals surface area (Å²) in [6.45, 7) is 4.11. The Morgan fingerprint density at radius 3 is 2.60 bits per heavy atom. The highest BCUT2D eigenvalue weighted by Crippen LogP contribution is 2.49. The third-order valence-electron chi connectivity index (χ3n) is 3.96. The van der Waals surface area contributed by atoms with Crippen LogP contribution in [-0.2, 0) is 10.0 Å². The van der Waals surface area contributed by atoms with Gasteiger partial charge in [0.1, 0.15) is 5.82 Å². The first-order chi connectivity index (χ1) is 9.30. The van der Waals surface area contributed by atoms with Crippen LogP contribution >= 0.6 is 0 Å². The van der Waals surface area contributed by atoms with Gasteiger partial charge in [0, 0.05) is 6.54 Å². The standard InChI is InChI=1S/C14H21FN2O2S/c1-3-4-14(5-6-14)9-17-20(18,19)13-8-12(16)11(15)7-10(13)2/h7-8,17H,3-6,9,16H2,1-2H3. The van der Waals surface area contributed by atoms with E-state index in [-0.39, 0.29) is 16.0 Å². The van der Waals surface area contributed by atoms with Crippen molar-refractivity contribution in [1.82, 2.24) is 4.72 Å². The van der Waals surface area contributed by atoms with Crippen LogP contribution in [-0.4, -0.2) is 15.0 Å². The molecule has 0 unspecified atom stereocenters. The van der Waals surface area contributed by atoms with E-state index in [1.165, 1.54) is 6.07 Å². The molecule has 0 heterocycles. The minimum absolute atomic E-state index is 0.0590. The Hall–Kier alpha value is -1.14. The van der Waals surface area contributed by atoms with Crippen LogP contribution in [0.2, 0.25) is 0 Å². The number of sulfonamides is 1. The summed E-state index contributed by atoms with van der Waals surface area (Å²) in [4.78, 5) is 0.0590. The van der Waals surface area contributed by atoms with Crippen LogP contribution in [0.1, 0.15) is 38.2 Å². The lowest BCUT2D eigenvalue weighted by Gasteiger charge is -2.16. The number of rotatable bonds is 6. The number of aryl methyl sites for hydroxylation is 1. The number of halogens is 1. The molecule has 1 aliphatic rings. The van der Waals surface area contributed by atoms with Crippen LogP contribution in [0.5, 0.6) is 0 Å². The average molecular weight is 300 g/mol. The molecule has 0 aliphatic heterocycles. The van der Waals surface area contributed by atoms with Gasteiger partial charge >= 0.3 is 0 Å². The van der Waals surface area contributed by atoms with E-state index < -0.39 is 15.8 Å². The maximum Gasteiger partial charge on any atom is 0.240 e. The second-order valence-corrected chi connectivity index (χ2v) is 7.45. The summed E-state index contributed by atoms with van der Waals surface area (Å²) in [5.74, 6) is -0.592. The van der Waals surface area contributed by atoms with E-state index in [0.29, 0.717) is 12.1 Å². The van der Waals surface area contributed by atoms with Crippen LogP contribution < -0.4 is 10.5 Å². The molecule has 0 saturated heterocycles. The molecule has 0 spiro atoms. The van der Waals surface area contributed by atoms with Crippen LogP contribution in [0.3, 0.4) is 0 Å². The maximum atomic E-state index is 13.3. The Balaban J connectivity index is 2.17. The Bertz CT molecular complexity index is 610. The molecule has 0 bridgehead atoms. The normalized spacial score (nSPS) is 17.1. The molecule has 0 amide bonds. The molecular formula is C14H21FN2O2S. The fourth-order valence-corrected chi connectivity index (χ4v) is 3.92. The van der Waals surface area contributed by atoms with Gasteiger partial charge in [-0.15, -0.1) is 0 Å². The van der Waals surface area contributed by atoms with E-state index >= 15 is 0 Å². The number of benzene rings is 1. The summed E-state index contributed by atoms with van der Waals surface area (Å²) in [6.07, 6.45) is 4.20. The predicted molar refractivity (Wildman–Crippen MR) is 77.3 cm³/mol. The quantitative estimate of drug-likeness (QED) is 0.793. The molecule has 112 valence electrons. The molecule has 6 heteroatoms. The zero-order valence-corrected chi connectivity index (χ0v) is 12.7. The first kappa shape index (κ1) is 15.3. The minimum atomic E-state index is -3.64. The van der Waals surface area contributed by atoms with E-state index in [9.17, 15) is 12.8 Å². The smallest absolute Gasteiger partial charge is 0.240 e. The van der Waals surface area contributed by atoms with Gasteiger partial charge in [-0.25, -0.2) is 17.5 Å². The van der Waals surface area contributed by atoms with E-state index in [1.807, 2.05) is 0 Å². The molecule has 1 aromatic rings. The van der Waals surface area contributed by atoms with Gasteiger partial charge in [0.15, 0.2) is 0 Å². The van der Waals surface area contributed by atoms with E-state index in [0.717, 1.165) is 31.7 Å². The second-order valence-electron chi connectivity index (χ2n) is 5.71. The Morgan fingerprint density at radius 1 is 1.40 bits per heavy atom. The topological polar surface area (TPSA) is 72.2 Å². The van der Waals surface area contributed by atoms with Crippen molar-refractivity contribution in [3.63, 3.8) is 0 Å². The van der Waals surface area contributed by atoms with E-state index in [2.05, 4.69) is 11.6 Å². The third kappa shape index (κ3) is 3.12. The molecule has 0 atom stereocenters. The second kappa shape index (κ2) is 5.33. The number of anilines is 1. The number of nitrogens with two attached hydrogens (primary N) is 1. The highest BCUT2D eigenvalue weighted by molar-refractivity contribution is 7.89. The van der Waals surface area contributed by atoms with E-state index in [4.69, 9.17) is 5.73 Å². The molecule has 4 nitrogen and oxygen atoms in total. The van der Waals surface area contributed by atoms with Gasteiger partial charge in [0.2, 0.25) is 10.0 Å². The average Bonchev–Trinajstić information content (AvgIpc) is 3.12.